The number of aromatic nitrogens is 1. The quantitative estimate of drug-likeness (QED) is 0.734. The molecule has 0 N–H and O–H groups in total. The van der Waals surface area contributed by atoms with Crippen molar-refractivity contribution in [3.05, 3.63) is 29.1 Å². The molecule has 0 aliphatic heterocycles. The average Bonchev–Trinajstić information content (AvgIpc) is 2.72. The molecule has 0 saturated heterocycles. The van der Waals surface area contributed by atoms with Crippen LogP contribution in [0, 0.1) is 0 Å². The predicted octanol–water partition coefficient (Wildman–Crippen LogP) is 2.70. The van der Waals surface area contributed by atoms with E-state index in [9.17, 15) is 4.79 Å². The summed E-state index contributed by atoms with van der Waals surface area (Å²) in [5, 5.41) is 0. The molecule has 0 spiro atoms. The van der Waals surface area contributed by atoms with Gasteiger partial charge in [-0.1, -0.05) is 6.92 Å². The molecule has 1 heterocycles. The van der Waals surface area contributed by atoms with Crippen LogP contribution in [0.3, 0.4) is 0 Å². The monoisotopic (exact) mass is 219 g/mol. The van der Waals surface area contributed by atoms with Crippen molar-refractivity contribution in [2.75, 3.05) is 6.61 Å². The van der Waals surface area contributed by atoms with Gasteiger partial charge in [0.1, 0.15) is 0 Å². The van der Waals surface area contributed by atoms with Crippen molar-refractivity contribution in [2.45, 2.75) is 39.0 Å². The van der Waals surface area contributed by atoms with Gasteiger partial charge in [0.05, 0.1) is 6.61 Å². The Morgan fingerprint density at radius 2 is 2.38 bits per heavy atom. The van der Waals surface area contributed by atoms with E-state index in [2.05, 4.69) is 11.9 Å². The number of nitrogens with zero attached hydrogens (tertiary/aromatic N) is 1. The third-order valence-corrected chi connectivity index (χ3v) is 3.21. The summed E-state index contributed by atoms with van der Waals surface area (Å²) in [6.07, 6.45) is 4.96. The molecule has 86 valence electrons. The van der Waals surface area contributed by atoms with Crippen LogP contribution in [0.25, 0.3) is 0 Å². The van der Waals surface area contributed by atoms with Crippen molar-refractivity contribution in [3.63, 3.8) is 0 Å². The molecular weight excluding hydrogens is 202 g/mol. The van der Waals surface area contributed by atoms with Gasteiger partial charge in [0.25, 0.3) is 0 Å². The number of hydrogen-bond acceptors (Lipinski definition) is 3. The van der Waals surface area contributed by atoms with Crippen molar-refractivity contribution in [3.8, 4) is 0 Å². The van der Waals surface area contributed by atoms with E-state index in [4.69, 9.17) is 4.74 Å². The first-order chi connectivity index (χ1) is 7.77. The number of ether oxygens (including phenoxy) is 1. The van der Waals surface area contributed by atoms with Crippen LogP contribution < -0.4 is 0 Å². The minimum atomic E-state index is -0.278. The van der Waals surface area contributed by atoms with E-state index in [1.807, 2.05) is 13.0 Å². The molecular formula is C13H17NO2. The van der Waals surface area contributed by atoms with Crippen LogP contribution in [0.4, 0.5) is 0 Å². The zero-order valence-electron chi connectivity index (χ0n) is 9.82. The van der Waals surface area contributed by atoms with Crippen LogP contribution in [0.5, 0.6) is 0 Å². The summed E-state index contributed by atoms with van der Waals surface area (Å²) >= 11 is 0. The SMILES string of the molecule is CCOC(=O)c1nccc2c1[C@H](CC)CC2. The van der Waals surface area contributed by atoms with E-state index >= 15 is 0 Å². The Labute approximate surface area is 95.8 Å². The maximum Gasteiger partial charge on any atom is 0.357 e. The third-order valence-electron chi connectivity index (χ3n) is 3.21. The number of fused-ring (bicyclic) bond motifs is 1. The first kappa shape index (κ1) is 11.1. The first-order valence-electron chi connectivity index (χ1n) is 5.92. The summed E-state index contributed by atoms with van der Waals surface area (Å²) in [5.74, 6) is 0.197. The molecule has 0 amide bonds. The summed E-state index contributed by atoms with van der Waals surface area (Å²) in [6, 6.07) is 2.02. The summed E-state index contributed by atoms with van der Waals surface area (Å²) in [6.45, 7) is 4.38. The Hall–Kier alpha value is -1.38. The molecule has 3 heteroatoms. The van der Waals surface area contributed by atoms with Gasteiger partial charge in [-0.05, 0) is 49.3 Å². The van der Waals surface area contributed by atoms with Crippen molar-refractivity contribution < 1.29 is 9.53 Å². The maximum atomic E-state index is 11.8. The Bertz CT molecular complexity index is 401. The van der Waals surface area contributed by atoms with Crippen LogP contribution in [0.2, 0.25) is 0 Å². The summed E-state index contributed by atoms with van der Waals surface area (Å²) < 4.78 is 5.04. The highest BCUT2D eigenvalue weighted by molar-refractivity contribution is 5.89. The molecule has 0 aromatic carbocycles. The fourth-order valence-corrected chi connectivity index (χ4v) is 2.43. The smallest absolute Gasteiger partial charge is 0.357 e. The molecule has 1 aliphatic rings. The van der Waals surface area contributed by atoms with E-state index in [1.54, 1.807) is 6.20 Å². The molecule has 0 unspecified atom stereocenters. The van der Waals surface area contributed by atoms with Crippen molar-refractivity contribution in [1.29, 1.82) is 0 Å². The largest absolute Gasteiger partial charge is 0.461 e. The van der Waals surface area contributed by atoms with Gasteiger partial charge in [-0.3, -0.25) is 0 Å². The van der Waals surface area contributed by atoms with Crippen LogP contribution >= 0.6 is 0 Å². The van der Waals surface area contributed by atoms with Crippen LogP contribution in [0.1, 0.15) is 54.2 Å². The van der Waals surface area contributed by atoms with Crippen molar-refractivity contribution in [2.24, 2.45) is 0 Å². The molecule has 1 aliphatic carbocycles. The summed E-state index contributed by atoms with van der Waals surface area (Å²) in [4.78, 5) is 16.0. The summed E-state index contributed by atoms with van der Waals surface area (Å²) in [7, 11) is 0. The lowest BCUT2D eigenvalue weighted by Crippen LogP contribution is -2.12. The zero-order chi connectivity index (χ0) is 11.5. The molecule has 1 aromatic rings. The second-order valence-corrected chi connectivity index (χ2v) is 4.10. The summed E-state index contributed by atoms with van der Waals surface area (Å²) in [5.41, 5.74) is 2.93. The topological polar surface area (TPSA) is 39.2 Å². The lowest BCUT2D eigenvalue weighted by Gasteiger charge is -2.12. The molecule has 2 rings (SSSR count). The minimum Gasteiger partial charge on any atom is -0.461 e. The van der Waals surface area contributed by atoms with Crippen LogP contribution in [-0.2, 0) is 11.2 Å². The lowest BCUT2D eigenvalue weighted by atomic mass is 9.97. The fourth-order valence-electron chi connectivity index (χ4n) is 2.43. The van der Waals surface area contributed by atoms with Gasteiger partial charge in [0.15, 0.2) is 5.69 Å². The molecule has 16 heavy (non-hydrogen) atoms. The van der Waals surface area contributed by atoms with Gasteiger partial charge < -0.3 is 4.74 Å². The molecule has 3 nitrogen and oxygen atoms in total. The molecule has 0 fully saturated rings. The second-order valence-electron chi connectivity index (χ2n) is 4.10. The zero-order valence-corrected chi connectivity index (χ0v) is 9.82. The van der Waals surface area contributed by atoms with E-state index in [0.29, 0.717) is 18.2 Å². The number of carbonyl (C=O) groups excluding carboxylic acids is 1. The van der Waals surface area contributed by atoms with Gasteiger partial charge in [0, 0.05) is 6.20 Å². The Kier molecular flexibility index (Phi) is 3.22. The lowest BCUT2D eigenvalue weighted by molar-refractivity contribution is 0.0517. The van der Waals surface area contributed by atoms with E-state index in [1.165, 1.54) is 5.56 Å². The number of carbonyl (C=O) groups is 1. The van der Waals surface area contributed by atoms with Gasteiger partial charge in [-0.15, -0.1) is 0 Å². The van der Waals surface area contributed by atoms with Crippen LogP contribution in [0.15, 0.2) is 12.3 Å². The van der Waals surface area contributed by atoms with E-state index < -0.39 is 0 Å². The molecule has 1 aromatic heterocycles. The second kappa shape index (κ2) is 4.64. The number of aryl methyl sites for hydroxylation is 1. The molecule has 0 bridgehead atoms. The Balaban J connectivity index is 2.39. The van der Waals surface area contributed by atoms with Gasteiger partial charge in [0.2, 0.25) is 0 Å². The van der Waals surface area contributed by atoms with Gasteiger partial charge in [-0.2, -0.15) is 0 Å². The Morgan fingerprint density at radius 3 is 3.06 bits per heavy atom. The highest BCUT2D eigenvalue weighted by Gasteiger charge is 2.28. The fraction of sp³-hybridized carbons (Fsp3) is 0.538. The molecule has 1 atom stereocenters. The van der Waals surface area contributed by atoms with E-state index in [-0.39, 0.29) is 5.97 Å². The number of rotatable bonds is 3. The molecule has 0 radical (unpaired) electrons. The van der Waals surface area contributed by atoms with E-state index in [0.717, 1.165) is 24.8 Å². The van der Waals surface area contributed by atoms with Gasteiger partial charge >= 0.3 is 5.97 Å². The van der Waals surface area contributed by atoms with Crippen molar-refractivity contribution in [1.82, 2.24) is 4.98 Å². The minimum absolute atomic E-state index is 0.278. The third kappa shape index (κ3) is 1.82. The Morgan fingerprint density at radius 1 is 1.56 bits per heavy atom. The highest BCUT2D eigenvalue weighted by Crippen LogP contribution is 2.36. The predicted molar refractivity (Wildman–Crippen MR) is 61.5 cm³/mol. The van der Waals surface area contributed by atoms with Crippen molar-refractivity contribution >= 4 is 5.97 Å². The average molecular weight is 219 g/mol. The number of pyridine rings is 1. The van der Waals surface area contributed by atoms with Gasteiger partial charge in [-0.25, -0.2) is 9.78 Å². The molecule has 0 saturated carbocycles. The number of hydrogen-bond donors (Lipinski definition) is 0. The number of esters is 1. The standard InChI is InChI=1S/C13H17NO2/c1-3-9-5-6-10-7-8-14-12(11(9)10)13(15)16-4-2/h7-9H,3-6H2,1-2H3/t9-/m1/s1. The first-order valence-corrected chi connectivity index (χ1v) is 5.92. The normalized spacial score (nSPS) is 18.2. The van der Waals surface area contributed by atoms with Crippen LogP contribution in [-0.4, -0.2) is 17.6 Å². The maximum absolute atomic E-state index is 11.8. The highest BCUT2D eigenvalue weighted by atomic mass is 16.5.